The van der Waals surface area contributed by atoms with Crippen molar-refractivity contribution in [2.75, 3.05) is 13.2 Å². The summed E-state index contributed by atoms with van der Waals surface area (Å²) in [5, 5.41) is 8.10. The summed E-state index contributed by atoms with van der Waals surface area (Å²) in [6.45, 7) is 3.06. The molecule has 1 N–H and O–H groups in total. The van der Waals surface area contributed by atoms with Gasteiger partial charge in [0.2, 0.25) is 0 Å². The molecule has 3 nitrogen and oxygen atoms in total. The summed E-state index contributed by atoms with van der Waals surface area (Å²) in [6, 6.07) is 0. The molecule has 0 unspecified atom stereocenters. The molecule has 9 heavy (non-hydrogen) atoms. The molecule has 0 atom stereocenters. The Morgan fingerprint density at radius 3 is 2.67 bits per heavy atom. The van der Waals surface area contributed by atoms with Crippen molar-refractivity contribution in [1.82, 2.24) is 0 Å². The Morgan fingerprint density at radius 2 is 2.33 bits per heavy atom. The van der Waals surface area contributed by atoms with Crippen molar-refractivity contribution in [2.24, 2.45) is 0 Å². The minimum absolute atomic E-state index is 0. The minimum atomic E-state index is -0.501. The monoisotopic (exact) mass is 158 g/mol. The molecular formula is C5H10CaO3. The number of carbonyl (C=O) groups is 1. The predicted octanol–water partition coefficient (Wildman–Crippen LogP) is -1.21. The van der Waals surface area contributed by atoms with Crippen LogP contribution < -0.4 is 0 Å². The standard InChI is InChI=1S/C5H8O3.Ca.2H/c1-2-5(7)8-4-3-6;;;/h2,6H,1,3-4H2;;;. The molecule has 0 aliphatic heterocycles. The van der Waals surface area contributed by atoms with Crippen molar-refractivity contribution in [3.8, 4) is 0 Å². The zero-order chi connectivity index (χ0) is 6.41. The van der Waals surface area contributed by atoms with Crippen LogP contribution in [-0.2, 0) is 9.53 Å². The average molecular weight is 158 g/mol. The molecule has 0 aromatic heterocycles. The molecule has 0 aliphatic carbocycles. The number of rotatable bonds is 3. The Labute approximate surface area is 83.7 Å². The van der Waals surface area contributed by atoms with E-state index in [0.29, 0.717) is 0 Å². The van der Waals surface area contributed by atoms with E-state index in [-0.39, 0.29) is 51.0 Å². The van der Waals surface area contributed by atoms with Gasteiger partial charge in [-0.3, -0.25) is 0 Å². The van der Waals surface area contributed by atoms with Crippen LogP contribution in [0.4, 0.5) is 0 Å². The number of hydrogen-bond acceptors (Lipinski definition) is 3. The second-order valence-corrected chi connectivity index (χ2v) is 1.10. The first-order chi connectivity index (χ1) is 3.81. The molecule has 0 fully saturated rings. The molecule has 0 rings (SSSR count). The SMILES string of the molecule is C=CC(=O)OCCO.[CaH2]. The third-order valence-corrected chi connectivity index (χ3v) is 0.502. The molecule has 0 aromatic rings. The topological polar surface area (TPSA) is 46.5 Å². The van der Waals surface area contributed by atoms with Gasteiger partial charge in [0.25, 0.3) is 0 Å². The Morgan fingerprint density at radius 1 is 1.78 bits per heavy atom. The molecule has 0 heterocycles. The van der Waals surface area contributed by atoms with Crippen LogP contribution in [-0.4, -0.2) is 62.0 Å². The Kier molecular flexibility index (Phi) is 11.4. The van der Waals surface area contributed by atoms with Crippen molar-refractivity contribution in [1.29, 1.82) is 0 Å². The van der Waals surface area contributed by atoms with Gasteiger partial charge in [-0.25, -0.2) is 4.79 Å². The van der Waals surface area contributed by atoms with E-state index in [9.17, 15) is 4.79 Å². The fourth-order valence-electron chi connectivity index (χ4n) is 0.205. The molecule has 0 aliphatic rings. The van der Waals surface area contributed by atoms with Crippen molar-refractivity contribution < 1.29 is 14.6 Å². The molecule has 0 spiro atoms. The maximum atomic E-state index is 10.1. The summed E-state index contributed by atoms with van der Waals surface area (Å²) in [6.07, 6.45) is 1.05. The molecule has 0 bridgehead atoms. The predicted molar refractivity (Wildman–Crippen MR) is 36.8 cm³/mol. The Balaban J connectivity index is 0. The summed E-state index contributed by atoms with van der Waals surface area (Å²) in [5.74, 6) is -0.501. The van der Waals surface area contributed by atoms with E-state index in [1.165, 1.54) is 0 Å². The number of aliphatic hydroxyl groups excluding tert-OH is 1. The average Bonchev–Trinajstić information content (AvgIpc) is 1.83. The van der Waals surface area contributed by atoms with Gasteiger partial charge >= 0.3 is 43.7 Å². The molecule has 0 aromatic carbocycles. The Bertz CT molecular complexity index is 92.2. The van der Waals surface area contributed by atoms with E-state index in [0.717, 1.165) is 6.08 Å². The van der Waals surface area contributed by atoms with Crippen LogP contribution in [0.5, 0.6) is 0 Å². The number of ether oxygens (including phenoxy) is 1. The van der Waals surface area contributed by atoms with E-state index in [4.69, 9.17) is 5.11 Å². The van der Waals surface area contributed by atoms with Gasteiger partial charge < -0.3 is 9.84 Å². The van der Waals surface area contributed by atoms with E-state index >= 15 is 0 Å². The van der Waals surface area contributed by atoms with Crippen molar-refractivity contribution in [3.63, 3.8) is 0 Å². The number of carbonyl (C=O) groups excluding carboxylic acids is 1. The van der Waals surface area contributed by atoms with Crippen molar-refractivity contribution in [2.45, 2.75) is 0 Å². The van der Waals surface area contributed by atoms with Gasteiger partial charge in [-0.05, 0) is 0 Å². The summed E-state index contributed by atoms with van der Waals surface area (Å²) < 4.78 is 4.33. The summed E-state index contributed by atoms with van der Waals surface area (Å²) in [5.41, 5.74) is 0. The fourth-order valence-corrected chi connectivity index (χ4v) is 0.205. The van der Waals surface area contributed by atoms with Gasteiger partial charge in [-0.1, -0.05) is 6.58 Å². The van der Waals surface area contributed by atoms with Crippen molar-refractivity contribution >= 4 is 43.7 Å². The number of hydrogen-bond donors (Lipinski definition) is 1. The van der Waals surface area contributed by atoms with Crippen LogP contribution in [0.15, 0.2) is 12.7 Å². The molecule has 0 radical (unpaired) electrons. The second kappa shape index (κ2) is 8.43. The van der Waals surface area contributed by atoms with Crippen LogP contribution in [0.3, 0.4) is 0 Å². The van der Waals surface area contributed by atoms with Gasteiger partial charge in [0.1, 0.15) is 6.61 Å². The summed E-state index contributed by atoms with van der Waals surface area (Å²) >= 11 is 0. The maximum absolute atomic E-state index is 10.1. The van der Waals surface area contributed by atoms with E-state index < -0.39 is 5.97 Å². The van der Waals surface area contributed by atoms with E-state index in [1.54, 1.807) is 0 Å². The summed E-state index contributed by atoms with van der Waals surface area (Å²) in [7, 11) is 0. The quantitative estimate of drug-likeness (QED) is 0.318. The molecule has 50 valence electrons. The molecule has 0 saturated carbocycles. The number of esters is 1. The summed E-state index contributed by atoms with van der Waals surface area (Å²) in [4.78, 5) is 10.1. The van der Waals surface area contributed by atoms with Crippen LogP contribution in [0.1, 0.15) is 0 Å². The van der Waals surface area contributed by atoms with Gasteiger partial charge in [0.05, 0.1) is 6.61 Å². The third-order valence-electron chi connectivity index (χ3n) is 0.502. The zero-order valence-corrected chi connectivity index (χ0v) is 4.46. The molecule has 0 saturated heterocycles. The first-order valence-corrected chi connectivity index (χ1v) is 2.21. The van der Waals surface area contributed by atoms with Gasteiger partial charge in [0, 0.05) is 6.08 Å². The first kappa shape index (κ1) is 12.1. The van der Waals surface area contributed by atoms with E-state index in [2.05, 4.69) is 11.3 Å². The molecule has 0 amide bonds. The van der Waals surface area contributed by atoms with Gasteiger partial charge in [0.15, 0.2) is 0 Å². The van der Waals surface area contributed by atoms with E-state index in [1.807, 2.05) is 0 Å². The van der Waals surface area contributed by atoms with Crippen LogP contribution >= 0.6 is 0 Å². The molecule has 4 heteroatoms. The van der Waals surface area contributed by atoms with Crippen molar-refractivity contribution in [3.05, 3.63) is 12.7 Å². The molecular weight excluding hydrogens is 148 g/mol. The normalized spacial score (nSPS) is 7.22. The van der Waals surface area contributed by atoms with Gasteiger partial charge in [-0.2, -0.15) is 0 Å². The third kappa shape index (κ3) is 8.43. The second-order valence-electron chi connectivity index (χ2n) is 1.10. The van der Waals surface area contributed by atoms with Crippen LogP contribution in [0.2, 0.25) is 0 Å². The van der Waals surface area contributed by atoms with Crippen LogP contribution in [0, 0.1) is 0 Å². The fraction of sp³-hybridized carbons (Fsp3) is 0.400. The number of aliphatic hydroxyl groups is 1. The zero-order valence-electron chi connectivity index (χ0n) is 4.46. The Hall–Kier alpha value is 0.430. The first-order valence-electron chi connectivity index (χ1n) is 2.21. The van der Waals surface area contributed by atoms with Gasteiger partial charge in [-0.15, -0.1) is 0 Å². The van der Waals surface area contributed by atoms with Crippen LogP contribution in [0.25, 0.3) is 0 Å².